The van der Waals surface area contributed by atoms with E-state index in [1.165, 1.54) is 31.4 Å². The van der Waals surface area contributed by atoms with Crippen LogP contribution in [0.5, 0.6) is 5.75 Å². The summed E-state index contributed by atoms with van der Waals surface area (Å²) in [5.74, 6) is -0.266. The first-order valence-electron chi connectivity index (χ1n) is 6.50. The summed E-state index contributed by atoms with van der Waals surface area (Å²) in [7, 11) is -2.66. The Morgan fingerprint density at radius 3 is 2.39 bits per heavy atom. The number of carbonyl (C=O) groups is 1. The SMILES string of the molecule is COc1ccc(C(=O)/C=C/c2ccc(Cl)cc2)cc1S(N)(=O)=O. The molecule has 7 heteroatoms. The van der Waals surface area contributed by atoms with Crippen molar-refractivity contribution in [2.24, 2.45) is 5.14 Å². The van der Waals surface area contributed by atoms with Crippen molar-refractivity contribution in [2.45, 2.75) is 4.90 Å². The fourth-order valence-electron chi connectivity index (χ4n) is 1.89. The molecule has 120 valence electrons. The molecule has 2 N–H and O–H groups in total. The van der Waals surface area contributed by atoms with Crippen LogP contribution in [0.3, 0.4) is 0 Å². The Labute approximate surface area is 139 Å². The van der Waals surface area contributed by atoms with E-state index in [4.69, 9.17) is 21.5 Å². The highest BCUT2D eigenvalue weighted by molar-refractivity contribution is 7.89. The van der Waals surface area contributed by atoms with Crippen LogP contribution in [-0.2, 0) is 10.0 Å². The number of sulfonamides is 1. The standard InChI is InChI=1S/C16H14ClNO4S/c1-22-15-9-5-12(10-16(15)23(18,20)21)14(19)8-4-11-2-6-13(17)7-3-11/h2-10H,1H3,(H2,18,20,21)/b8-4+. The van der Waals surface area contributed by atoms with Crippen LogP contribution in [0.2, 0.25) is 5.02 Å². The molecule has 0 aliphatic rings. The van der Waals surface area contributed by atoms with E-state index >= 15 is 0 Å². The smallest absolute Gasteiger partial charge is 0.241 e. The van der Waals surface area contributed by atoms with Gasteiger partial charge in [-0.2, -0.15) is 0 Å². The highest BCUT2D eigenvalue weighted by Gasteiger charge is 2.17. The summed E-state index contributed by atoms with van der Waals surface area (Å²) >= 11 is 5.79. The van der Waals surface area contributed by atoms with Crippen LogP contribution in [0.15, 0.2) is 53.4 Å². The number of allylic oxidation sites excluding steroid dienone is 1. The molecule has 0 heterocycles. The van der Waals surface area contributed by atoms with Crippen molar-refractivity contribution >= 4 is 33.5 Å². The van der Waals surface area contributed by atoms with Crippen molar-refractivity contribution in [3.63, 3.8) is 0 Å². The summed E-state index contributed by atoms with van der Waals surface area (Å²) in [6.45, 7) is 0. The van der Waals surface area contributed by atoms with Gasteiger partial charge in [-0.15, -0.1) is 0 Å². The quantitative estimate of drug-likeness (QED) is 0.662. The largest absolute Gasteiger partial charge is 0.495 e. The van der Waals surface area contributed by atoms with E-state index in [9.17, 15) is 13.2 Å². The number of nitrogens with two attached hydrogens (primary N) is 1. The van der Waals surface area contributed by atoms with Crippen molar-refractivity contribution in [1.29, 1.82) is 0 Å². The van der Waals surface area contributed by atoms with Gasteiger partial charge in [-0.25, -0.2) is 13.6 Å². The van der Waals surface area contributed by atoms with E-state index in [-0.39, 0.29) is 22.0 Å². The summed E-state index contributed by atoms with van der Waals surface area (Å²) in [6, 6.07) is 11.0. The van der Waals surface area contributed by atoms with Crippen molar-refractivity contribution in [2.75, 3.05) is 7.11 Å². The Morgan fingerprint density at radius 2 is 1.83 bits per heavy atom. The van der Waals surface area contributed by atoms with Crippen LogP contribution in [0.4, 0.5) is 0 Å². The van der Waals surface area contributed by atoms with Gasteiger partial charge in [0, 0.05) is 10.6 Å². The van der Waals surface area contributed by atoms with Crippen molar-refractivity contribution in [3.8, 4) is 5.75 Å². The molecule has 0 bridgehead atoms. The zero-order valence-electron chi connectivity index (χ0n) is 12.2. The molecule has 0 aromatic heterocycles. The highest BCUT2D eigenvalue weighted by Crippen LogP contribution is 2.24. The molecule has 0 aliphatic carbocycles. The Bertz CT molecular complexity index is 858. The third kappa shape index (κ3) is 4.41. The molecule has 0 aliphatic heterocycles. The molecule has 2 aromatic rings. The van der Waals surface area contributed by atoms with Crippen LogP contribution >= 0.6 is 11.6 Å². The predicted octanol–water partition coefficient (Wildman–Crippen LogP) is 2.89. The van der Waals surface area contributed by atoms with Crippen LogP contribution < -0.4 is 9.88 Å². The number of benzene rings is 2. The lowest BCUT2D eigenvalue weighted by molar-refractivity contribution is 0.104. The summed E-state index contributed by atoms with van der Waals surface area (Å²) in [5.41, 5.74) is 0.989. The van der Waals surface area contributed by atoms with Gasteiger partial charge in [-0.3, -0.25) is 4.79 Å². The molecule has 0 saturated carbocycles. The summed E-state index contributed by atoms with van der Waals surface area (Å²) in [6.07, 6.45) is 2.96. The number of hydrogen-bond acceptors (Lipinski definition) is 4. The Morgan fingerprint density at radius 1 is 1.17 bits per heavy atom. The molecule has 23 heavy (non-hydrogen) atoms. The Kier molecular flexibility index (Phi) is 5.20. The number of hydrogen-bond donors (Lipinski definition) is 1. The zero-order chi connectivity index (χ0) is 17.0. The molecular formula is C16H14ClNO4S. The molecule has 0 fully saturated rings. The average Bonchev–Trinajstić information content (AvgIpc) is 2.52. The van der Waals surface area contributed by atoms with Crippen LogP contribution in [0.1, 0.15) is 15.9 Å². The lowest BCUT2D eigenvalue weighted by Crippen LogP contribution is -2.14. The molecule has 2 rings (SSSR count). The van der Waals surface area contributed by atoms with Crippen molar-refractivity contribution in [1.82, 2.24) is 0 Å². The molecule has 0 amide bonds. The molecular weight excluding hydrogens is 338 g/mol. The zero-order valence-corrected chi connectivity index (χ0v) is 13.8. The number of methoxy groups -OCH3 is 1. The van der Waals surface area contributed by atoms with E-state index in [1.807, 2.05) is 0 Å². The van der Waals surface area contributed by atoms with E-state index < -0.39 is 10.0 Å². The monoisotopic (exact) mass is 351 g/mol. The number of primary sulfonamides is 1. The van der Waals surface area contributed by atoms with Gasteiger partial charge in [-0.1, -0.05) is 29.8 Å². The van der Waals surface area contributed by atoms with Gasteiger partial charge in [-0.05, 0) is 42.0 Å². The van der Waals surface area contributed by atoms with Gasteiger partial charge in [0.15, 0.2) is 5.78 Å². The maximum Gasteiger partial charge on any atom is 0.241 e. The molecule has 0 saturated heterocycles. The van der Waals surface area contributed by atoms with Crippen LogP contribution in [0.25, 0.3) is 6.08 Å². The average molecular weight is 352 g/mol. The minimum absolute atomic E-state index is 0.0886. The number of ketones is 1. The second-order valence-corrected chi connectivity index (χ2v) is 6.63. The van der Waals surface area contributed by atoms with E-state index in [2.05, 4.69) is 0 Å². The molecule has 5 nitrogen and oxygen atoms in total. The lowest BCUT2D eigenvalue weighted by atomic mass is 10.1. The molecule has 0 radical (unpaired) electrons. The van der Waals surface area contributed by atoms with Gasteiger partial charge < -0.3 is 4.74 Å². The predicted molar refractivity (Wildman–Crippen MR) is 89.2 cm³/mol. The minimum Gasteiger partial charge on any atom is -0.495 e. The third-order valence-electron chi connectivity index (χ3n) is 3.05. The number of ether oxygens (including phenoxy) is 1. The Balaban J connectivity index is 2.31. The summed E-state index contributed by atoms with van der Waals surface area (Å²) in [5, 5.41) is 5.73. The maximum absolute atomic E-state index is 12.2. The first kappa shape index (κ1) is 17.2. The van der Waals surface area contributed by atoms with Crippen molar-refractivity contribution < 1.29 is 17.9 Å². The number of halogens is 1. The van der Waals surface area contributed by atoms with E-state index in [1.54, 1.807) is 30.3 Å². The fourth-order valence-corrected chi connectivity index (χ4v) is 2.74. The van der Waals surface area contributed by atoms with Crippen LogP contribution in [0, 0.1) is 0 Å². The van der Waals surface area contributed by atoms with Gasteiger partial charge >= 0.3 is 0 Å². The van der Waals surface area contributed by atoms with Gasteiger partial charge in [0.25, 0.3) is 0 Å². The molecule has 2 aromatic carbocycles. The van der Waals surface area contributed by atoms with E-state index in [0.29, 0.717) is 5.02 Å². The third-order valence-corrected chi connectivity index (χ3v) is 4.24. The lowest BCUT2D eigenvalue weighted by Gasteiger charge is -2.07. The van der Waals surface area contributed by atoms with Crippen molar-refractivity contribution in [3.05, 3.63) is 64.7 Å². The molecule has 0 atom stereocenters. The summed E-state index contributed by atoms with van der Waals surface area (Å²) in [4.78, 5) is 11.9. The number of rotatable bonds is 5. The van der Waals surface area contributed by atoms with Gasteiger partial charge in [0.2, 0.25) is 10.0 Å². The second-order valence-electron chi connectivity index (χ2n) is 4.66. The normalized spacial score (nSPS) is 11.6. The second kappa shape index (κ2) is 6.95. The Hall–Kier alpha value is -2.15. The highest BCUT2D eigenvalue weighted by atomic mass is 35.5. The molecule has 0 spiro atoms. The minimum atomic E-state index is -3.99. The van der Waals surface area contributed by atoms with E-state index in [0.717, 1.165) is 5.56 Å². The maximum atomic E-state index is 12.2. The van der Waals surface area contributed by atoms with Gasteiger partial charge in [0.1, 0.15) is 10.6 Å². The topological polar surface area (TPSA) is 86.5 Å². The first-order valence-corrected chi connectivity index (χ1v) is 8.42. The van der Waals surface area contributed by atoms with Crippen LogP contribution in [-0.4, -0.2) is 21.3 Å². The fraction of sp³-hybridized carbons (Fsp3) is 0.0625. The first-order chi connectivity index (χ1) is 10.8. The molecule has 0 unspecified atom stereocenters. The van der Waals surface area contributed by atoms with Gasteiger partial charge in [0.05, 0.1) is 7.11 Å². The number of carbonyl (C=O) groups excluding carboxylic acids is 1. The summed E-state index contributed by atoms with van der Waals surface area (Å²) < 4.78 is 28.1.